The molecule has 1 aromatic carbocycles. The van der Waals surface area contributed by atoms with Crippen LogP contribution in [0.2, 0.25) is 0 Å². The highest BCUT2D eigenvalue weighted by atomic mass is 16.1. The summed E-state index contributed by atoms with van der Waals surface area (Å²) in [5.41, 5.74) is 5.30. The molecule has 0 spiro atoms. The molecule has 0 saturated carbocycles. The fourth-order valence-corrected chi connectivity index (χ4v) is 1.85. The van der Waals surface area contributed by atoms with E-state index in [4.69, 9.17) is 0 Å². The minimum Gasteiger partial charge on any atom is -0.358 e. The number of pyridine rings is 1. The molecule has 2 heteroatoms. The van der Waals surface area contributed by atoms with Gasteiger partial charge >= 0.3 is 0 Å². The van der Waals surface area contributed by atoms with Crippen molar-refractivity contribution in [2.75, 3.05) is 0 Å². The Labute approximate surface area is 95.0 Å². The average Bonchev–Trinajstić information content (AvgIpc) is 2.20. The lowest BCUT2D eigenvalue weighted by Crippen LogP contribution is -2.02. The molecule has 2 aromatic rings. The summed E-state index contributed by atoms with van der Waals surface area (Å²) in [5, 5.41) is 0. The quantitative estimate of drug-likeness (QED) is 0.776. The van der Waals surface area contributed by atoms with Crippen molar-refractivity contribution >= 4 is 0 Å². The van der Waals surface area contributed by atoms with Crippen molar-refractivity contribution < 1.29 is 0 Å². The molecule has 16 heavy (non-hydrogen) atoms. The minimum absolute atomic E-state index is 0.0483. The number of hydrogen-bond acceptors (Lipinski definition) is 1. The van der Waals surface area contributed by atoms with Crippen molar-refractivity contribution in [1.29, 1.82) is 0 Å². The van der Waals surface area contributed by atoms with Crippen LogP contribution in [0.5, 0.6) is 0 Å². The molecular formula is C14H15NO. The van der Waals surface area contributed by atoms with Gasteiger partial charge in [0.15, 0.2) is 5.43 Å². The van der Waals surface area contributed by atoms with E-state index in [-0.39, 0.29) is 5.43 Å². The number of aromatic amines is 1. The van der Waals surface area contributed by atoms with E-state index in [1.54, 1.807) is 12.1 Å². The molecule has 2 nitrogen and oxygen atoms in total. The lowest BCUT2D eigenvalue weighted by Gasteiger charge is -2.08. The maximum absolute atomic E-state index is 11.5. The van der Waals surface area contributed by atoms with Gasteiger partial charge in [-0.05, 0) is 32.4 Å². The van der Waals surface area contributed by atoms with Crippen LogP contribution in [0.25, 0.3) is 11.3 Å². The highest BCUT2D eigenvalue weighted by Crippen LogP contribution is 2.21. The maximum atomic E-state index is 11.5. The Morgan fingerprint density at radius 3 is 2.44 bits per heavy atom. The summed E-state index contributed by atoms with van der Waals surface area (Å²) in [4.78, 5) is 14.7. The molecule has 0 atom stereocenters. The minimum atomic E-state index is 0.0483. The molecule has 0 radical (unpaired) electrons. The fraction of sp³-hybridized carbons (Fsp3) is 0.214. The van der Waals surface area contributed by atoms with Gasteiger partial charge in [0.25, 0.3) is 0 Å². The Bertz CT molecular complexity index is 582. The van der Waals surface area contributed by atoms with Crippen LogP contribution < -0.4 is 5.43 Å². The Balaban J connectivity index is 2.66. The van der Waals surface area contributed by atoms with Gasteiger partial charge in [0.05, 0.1) is 0 Å². The zero-order valence-corrected chi connectivity index (χ0v) is 9.79. The SMILES string of the molecule is Cc1ccc(C)c(-c2cc(=O)cc(C)[nH]2)c1. The van der Waals surface area contributed by atoms with E-state index in [2.05, 4.69) is 37.0 Å². The second kappa shape index (κ2) is 3.97. The van der Waals surface area contributed by atoms with E-state index < -0.39 is 0 Å². The van der Waals surface area contributed by atoms with E-state index in [0.717, 1.165) is 17.0 Å². The Hall–Kier alpha value is -1.83. The third-order valence-electron chi connectivity index (χ3n) is 2.66. The highest BCUT2D eigenvalue weighted by molar-refractivity contribution is 5.64. The Kier molecular flexibility index (Phi) is 2.65. The van der Waals surface area contributed by atoms with Gasteiger partial charge in [0, 0.05) is 29.1 Å². The first-order chi connectivity index (χ1) is 7.56. The molecular weight excluding hydrogens is 198 g/mol. The molecule has 1 N–H and O–H groups in total. The lowest BCUT2D eigenvalue weighted by molar-refractivity contribution is 1.18. The molecule has 0 fully saturated rings. The molecule has 82 valence electrons. The van der Waals surface area contributed by atoms with Gasteiger partial charge in [-0.2, -0.15) is 0 Å². The summed E-state index contributed by atoms with van der Waals surface area (Å²) in [6.45, 7) is 6.00. The number of benzene rings is 1. The maximum Gasteiger partial charge on any atom is 0.182 e. The predicted octanol–water partition coefficient (Wildman–Crippen LogP) is 2.97. The molecule has 0 aliphatic heterocycles. The molecule has 0 bridgehead atoms. The molecule has 0 aliphatic rings. The van der Waals surface area contributed by atoms with E-state index >= 15 is 0 Å². The van der Waals surface area contributed by atoms with E-state index in [1.165, 1.54) is 11.1 Å². The molecule has 0 aliphatic carbocycles. The van der Waals surface area contributed by atoms with Gasteiger partial charge in [0.1, 0.15) is 0 Å². The topological polar surface area (TPSA) is 32.9 Å². The highest BCUT2D eigenvalue weighted by Gasteiger charge is 2.03. The summed E-state index contributed by atoms with van der Waals surface area (Å²) in [6, 6.07) is 9.50. The zero-order valence-electron chi connectivity index (χ0n) is 9.79. The number of H-pyrrole nitrogens is 1. The summed E-state index contributed by atoms with van der Waals surface area (Å²) < 4.78 is 0. The van der Waals surface area contributed by atoms with Crippen LogP contribution in [0.15, 0.2) is 35.1 Å². The van der Waals surface area contributed by atoms with Gasteiger partial charge in [-0.25, -0.2) is 0 Å². The first-order valence-corrected chi connectivity index (χ1v) is 5.35. The van der Waals surface area contributed by atoms with Crippen LogP contribution in [0.3, 0.4) is 0 Å². The van der Waals surface area contributed by atoms with Crippen molar-refractivity contribution in [3.8, 4) is 11.3 Å². The van der Waals surface area contributed by atoms with Crippen molar-refractivity contribution in [3.05, 3.63) is 57.4 Å². The second-order valence-corrected chi connectivity index (χ2v) is 4.23. The third kappa shape index (κ3) is 2.06. The standard InChI is InChI=1S/C14H15NO/c1-9-4-5-10(2)13(6-9)14-8-12(16)7-11(3)15-14/h4-8H,1-3H3,(H,15,16). The van der Waals surface area contributed by atoms with Gasteiger partial charge in [-0.1, -0.05) is 17.7 Å². The summed E-state index contributed by atoms with van der Waals surface area (Å²) >= 11 is 0. The molecule has 0 unspecified atom stereocenters. The third-order valence-corrected chi connectivity index (χ3v) is 2.66. The van der Waals surface area contributed by atoms with Gasteiger partial charge in [0.2, 0.25) is 0 Å². The smallest absolute Gasteiger partial charge is 0.182 e. The molecule has 0 saturated heterocycles. The first kappa shape index (κ1) is 10.7. The monoisotopic (exact) mass is 213 g/mol. The normalized spacial score (nSPS) is 10.4. The van der Waals surface area contributed by atoms with Crippen LogP contribution in [0.1, 0.15) is 16.8 Å². The van der Waals surface area contributed by atoms with Gasteiger partial charge in [-0.3, -0.25) is 4.79 Å². The molecule has 0 amide bonds. The summed E-state index contributed by atoms with van der Waals surface area (Å²) in [5.74, 6) is 0. The Morgan fingerprint density at radius 1 is 1.00 bits per heavy atom. The van der Waals surface area contributed by atoms with E-state index in [1.807, 2.05) is 6.92 Å². The zero-order chi connectivity index (χ0) is 11.7. The van der Waals surface area contributed by atoms with E-state index in [0.29, 0.717) is 0 Å². The summed E-state index contributed by atoms with van der Waals surface area (Å²) in [6.07, 6.45) is 0. The average molecular weight is 213 g/mol. The molecule has 1 heterocycles. The largest absolute Gasteiger partial charge is 0.358 e. The van der Waals surface area contributed by atoms with Crippen LogP contribution in [0, 0.1) is 20.8 Å². The number of rotatable bonds is 1. The summed E-state index contributed by atoms with van der Waals surface area (Å²) in [7, 11) is 0. The van der Waals surface area contributed by atoms with Crippen molar-refractivity contribution in [3.63, 3.8) is 0 Å². The number of hydrogen-bond donors (Lipinski definition) is 1. The van der Waals surface area contributed by atoms with Gasteiger partial charge < -0.3 is 4.98 Å². The molecule has 1 aromatic heterocycles. The second-order valence-electron chi connectivity index (χ2n) is 4.23. The van der Waals surface area contributed by atoms with Crippen molar-refractivity contribution in [1.82, 2.24) is 4.98 Å². The van der Waals surface area contributed by atoms with Crippen LogP contribution >= 0.6 is 0 Å². The first-order valence-electron chi connectivity index (χ1n) is 5.35. The number of aromatic nitrogens is 1. The number of aryl methyl sites for hydroxylation is 3. The Morgan fingerprint density at radius 2 is 1.75 bits per heavy atom. The van der Waals surface area contributed by atoms with Crippen LogP contribution in [0.4, 0.5) is 0 Å². The lowest BCUT2D eigenvalue weighted by atomic mass is 10.0. The van der Waals surface area contributed by atoms with E-state index in [9.17, 15) is 4.79 Å². The van der Waals surface area contributed by atoms with Crippen molar-refractivity contribution in [2.45, 2.75) is 20.8 Å². The predicted molar refractivity (Wildman–Crippen MR) is 66.7 cm³/mol. The van der Waals surface area contributed by atoms with Crippen molar-refractivity contribution in [2.24, 2.45) is 0 Å². The fourth-order valence-electron chi connectivity index (χ4n) is 1.85. The molecule has 2 rings (SSSR count). The van der Waals surface area contributed by atoms with Crippen LogP contribution in [-0.4, -0.2) is 4.98 Å². The number of nitrogens with one attached hydrogen (secondary N) is 1. The van der Waals surface area contributed by atoms with Crippen LogP contribution in [-0.2, 0) is 0 Å². The van der Waals surface area contributed by atoms with Gasteiger partial charge in [-0.15, -0.1) is 0 Å².